The van der Waals surface area contributed by atoms with Crippen molar-refractivity contribution in [3.05, 3.63) is 53.5 Å². The molecule has 0 aliphatic rings. The van der Waals surface area contributed by atoms with Gasteiger partial charge in [0.05, 0.1) is 17.8 Å². The van der Waals surface area contributed by atoms with Gasteiger partial charge in [-0.25, -0.2) is 4.98 Å². The summed E-state index contributed by atoms with van der Waals surface area (Å²) in [6, 6.07) is 9.42. The SMILES string of the molecule is Cc1cccc(CN(C)c2ncccc2C=O)n1. The molecule has 2 rings (SSSR count). The van der Waals surface area contributed by atoms with E-state index in [0.717, 1.165) is 17.7 Å². The minimum Gasteiger partial charge on any atom is -0.353 e. The normalized spacial score (nSPS) is 10.1. The summed E-state index contributed by atoms with van der Waals surface area (Å²) < 4.78 is 0. The number of rotatable bonds is 4. The first-order valence-corrected chi connectivity index (χ1v) is 5.74. The lowest BCUT2D eigenvalue weighted by Gasteiger charge is -2.19. The van der Waals surface area contributed by atoms with Gasteiger partial charge < -0.3 is 4.90 Å². The van der Waals surface area contributed by atoms with Crippen molar-refractivity contribution in [3.63, 3.8) is 0 Å². The second-order valence-electron chi connectivity index (χ2n) is 4.16. The third kappa shape index (κ3) is 2.71. The summed E-state index contributed by atoms with van der Waals surface area (Å²) in [5, 5.41) is 0. The summed E-state index contributed by atoms with van der Waals surface area (Å²) in [6.07, 6.45) is 2.50. The van der Waals surface area contributed by atoms with Crippen LogP contribution in [0.3, 0.4) is 0 Å². The van der Waals surface area contributed by atoms with Crippen molar-refractivity contribution < 1.29 is 4.79 Å². The van der Waals surface area contributed by atoms with Crippen LogP contribution in [0.15, 0.2) is 36.5 Å². The fourth-order valence-corrected chi connectivity index (χ4v) is 1.83. The molecule has 0 amide bonds. The molecule has 0 saturated carbocycles. The Balaban J connectivity index is 2.21. The third-order valence-electron chi connectivity index (χ3n) is 2.65. The summed E-state index contributed by atoms with van der Waals surface area (Å²) >= 11 is 0. The van der Waals surface area contributed by atoms with Crippen LogP contribution in [0.2, 0.25) is 0 Å². The van der Waals surface area contributed by atoms with Crippen LogP contribution in [-0.2, 0) is 6.54 Å². The zero-order valence-electron chi connectivity index (χ0n) is 10.5. The molecule has 0 spiro atoms. The van der Waals surface area contributed by atoms with Crippen LogP contribution >= 0.6 is 0 Å². The molecule has 0 unspecified atom stereocenters. The van der Waals surface area contributed by atoms with Gasteiger partial charge in [0.25, 0.3) is 0 Å². The van der Waals surface area contributed by atoms with Crippen LogP contribution in [-0.4, -0.2) is 23.3 Å². The molecular weight excluding hydrogens is 226 g/mol. The Hall–Kier alpha value is -2.23. The molecule has 2 heterocycles. The number of carbonyl (C=O) groups is 1. The summed E-state index contributed by atoms with van der Waals surface area (Å²) in [5.74, 6) is 0.677. The molecule has 92 valence electrons. The van der Waals surface area contributed by atoms with Gasteiger partial charge in [-0.15, -0.1) is 0 Å². The Bertz CT molecular complexity index is 554. The Labute approximate surface area is 106 Å². The second-order valence-corrected chi connectivity index (χ2v) is 4.16. The van der Waals surface area contributed by atoms with E-state index >= 15 is 0 Å². The molecule has 4 heteroatoms. The minimum absolute atomic E-state index is 0.590. The molecule has 18 heavy (non-hydrogen) atoms. The first kappa shape index (κ1) is 12.2. The first-order valence-electron chi connectivity index (χ1n) is 5.74. The number of carbonyl (C=O) groups excluding carboxylic acids is 1. The second kappa shape index (κ2) is 5.40. The number of hydrogen-bond donors (Lipinski definition) is 0. The van der Waals surface area contributed by atoms with Crippen molar-refractivity contribution in [1.82, 2.24) is 9.97 Å². The number of anilines is 1. The number of nitrogens with zero attached hydrogens (tertiary/aromatic N) is 3. The van der Waals surface area contributed by atoms with Gasteiger partial charge in [-0.2, -0.15) is 0 Å². The molecule has 2 aromatic rings. The smallest absolute Gasteiger partial charge is 0.153 e. The van der Waals surface area contributed by atoms with Crippen LogP contribution in [0, 0.1) is 6.92 Å². The lowest BCUT2D eigenvalue weighted by atomic mass is 10.2. The molecule has 0 fully saturated rings. The zero-order chi connectivity index (χ0) is 13.0. The Kier molecular flexibility index (Phi) is 3.67. The highest BCUT2D eigenvalue weighted by atomic mass is 16.1. The van der Waals surface area contributed by atoms with Crippen molar-refractivity contribution in [2.24, 2.45) is 0 Å². The Morgan fingerprint density at radius 1 is 1.28 bits per heavy atom. The van der Waals surface area contributed by atoms with Crippen LogP contribution in [0.5, 0.6) is 0 Å². The van der Waals surface area contributed by atoms with Crippen molar-refractivity contribution in [1.29, 1.82) is 0 Å². The van der Waals surface area contributed by atoms with Crippen LogP contribution < -0.4 is 4.90 Å². The van der Waals surface area contributed by atoms with Crippen LogP contribution in [0.25, 0.3) is 0 Å². The predicted molar refractivity (Wildman–Crippen MR) is 70.7 cm³/mol. The van der Waals surface area contributed by atoms with E-state index in [1.807, 2.05) is 37.1 Å². The Morgan fingerprint density at radius 2 is 2.11 bits per heavy atom. The topological polar surface area (TPSA) is 46.1 Å². The maximum Gasteiger partial charge on any atom is 0.153 e. The Morgan fingerprint density at radius 3 is 2.83 bits per heavy atom. The highest BCUT2D eigenvalue weighted by molar-refractivity contribution is 5.82. The van der Waals surface area contributed by atoms with E-state index in [0.29, 0.717) is 17.9 Å². The van der Waals surface area contributed by atoms with Crippen molar-refractivity contribution >= 4 is 12.1 Å². The highest BCUT2D eigenvalue weighted by Crippen LogP contribution is 2.15. The fraction of sp³-hybridized carbons (Fsp3) is 0.214. The van der Waals surface area contributed by atoms with Gasteiger partial charge in [-0.05, 0) is 31.2 Å². The summed E-state index contributed by atoms with van der Waals surface area (Å²) in [7, 11) is 1.90. The van der Waals surface area contributed by atoms with E-state index in [9.17, 15) is 4.79 Å². The van der Waals surface area contributed by atoms with Gasteiger partial charge in [0.15, 0.2) is 6.29 Å². The van der Waals surface area contributed by atoms with Gasteiger partial charge in [-0.1, -0.05) is 6.07 Å². The maximum absolute atomic E-state index is 11.0. The first-order chi connectivity index (χ1) is 8.70. The molecule has 0 aliphatic carbocycles. The number of aryl methyl sites for hydroxylation is 1. The number of aromatic nitrogens is 2. The van der Waals surface area contributed by atoms with E-state index in [1.54, 1.807) is 18.3 Å². The fourth-order valence-electron chi connectivity index (χ4n) is 1.83. The van der Waals surface area contributed by atoms with Gasteiger partial charge >= 0.3 is 0 Å². The molecule has 0 aliphatic heterocycles. The van der Waals surface area contributed by atoms with E-state index in [1.165, 1.54) is 0 Å². The lowest BCUT2D eigenvalue weighted by Crippen LogP contribution is -2.20. The molecule has 0 aromatic carbocycles. The van der Waals surface area contributed by atoms with Gasteiger partial charge in [-0.3, -0.25) is 9.78 Å². The van der Waals surface area contributed by atoms with E-state index in [-0.39, 0.29) is 0 Å². The zero-order valence-corrected chi connectivity index (χ0v) is 10.5. The highest BCUT2D eigenvalue weighted by Gasteiger charge is 2.09. The maximum atomic E-state index is 11.0. The molecule has 0 N–H and O–H groups in total. The third-order valence-corrected chi connectivity index (χ3v) is 2.65. The number of hydrogen-bond acceptors (Lipinski definition) is 4. The molecule has 0 atom stereocenters. The summed E-state index contributed by atoms with van der Waals surface area (Å²) in [6.45, 7) is 2.58. The molecule has 2 aromatic heterocycles. The largest absolute Gasteiger partial charge is 0.353 e. The van der Waals surface area contributed by atoms with E-state index in [2.05, 4.69) is 9.97 Å². The number of pyridine rings is 2. The molecule has 4 nitrogen and oxygen atoms in total. The summed E-state index contributed by atoms with van der Waals surface area (Å²) in [5.41, 5.74) is 2.53. The number of aldehydes is 1. The lowest BCUT2D eigenvalue weighted by molar-refractivity contribution is 0.112. The molecular formula is C14H15N3O. The minimum atomic E-state index is 0.590. The molecule has 0 bridgehead atoms. The van der Waals surface area contributed by atoms with Crippen molar-refractivity contribution in [2.45, 2.75) is 13.5 Å². The van der Waals surface area contributed by atoms with Crippen LogP contribution in [0.1, 0.15) is 21.7 Å². The van der Waals surface area contributed by atoms with E-state index < -0.39 is 0 Å². The van der Waals surface area contributed by atoms with E-state index in [4.69, 9.17) is 0 Å². The quantitative estimate of drug-likeness (QED) is 0.770. The summed E-state index contributed by atoms with van der Waals surface area (Å²) in [4.78, 5) is 21.5. The average Bonchev–Trinajstić information content (AvgIpc) is 2.38. The van der Waals surface area contributed by atoms with Crippen molar-refractivity contribution in [3.8, 4) is 0 Å². The molecule has 0 radical (unpaired) electrons. The van der Waals surface area contributed by atoms with Crippen molar-refractivity contribution in [2.75, 3.05) is 11.9 Å². The van der Waals surface area contributed by atoms with Gasteiger partial charge in [0, 0.05) is 18.9 Å². The molecule has 0 saturated heterocycles. The van der Waals surface area contributed by atoms with Gasteiger partial charge in [0.1, 0.15) is 5.82 Å². The van der Waals surface area contributed by atoms with Crippen LogP contribution in [0.4, 0.5) is 5.82 Å². The predicted octanol–water partition coefficient (Wildman–Crippen LogP) is 2.23. The monoisotopic (exact) mass is 241 g/mol. The van der Waals surface area contributed by atoms with Gasteiger partial charge in [0.2, 0.25) is 0 Å². The standard InChI is InChI=1S/C14H15N3O/c1-11-5-3-7-13(16-11)9-17(2)14-12(10-18)6-4-8-15-14/h3-8,10H,9H2,1-2H3. The average molecular weight is 241 g/mol.